The summed E-state index contributed by atoms with van der Waals surface area (Å²) >= 11 is 1.66. The summed E-state index contributed by atoms with van der Waals surface area (Å²) < 4.78 is 0. The molecule has 96 valence electrons. The first-order valence-corrected chi connectivity index (χ1v) is 7.14. The smallest absolute Gasteiger partial charge is 0.245 e. The normalized spacial score (nSPS) is 24.4. The van der Waals surface area contributed by atoms with Crippen LogP contribution in [0.3, 0.4) is 0 Å². The van der Waals surface area contributed by atoms with Gasteiger partial charge in [-0.1, -0.05) is 6.92 Å². The topological polar surface area (TPSA) is 70.8 Å². The molecule has 3 N–H and O–H groups in total. The maximum Gasteiger partial charge on any atom is 0.245 e. The van der Waals surface area contributed by atoms with Crippen molar-refractivity contribution < 1.29 is 0 Å². The summed E-state index contributed by atoms with van der Waals surface area (Å²) in [6, 6.07) is 2.25. The van der Waals surface area contributed by atoms with Gasteiger partial charge in [-0.3, -0.25) is 5.10 Å². The van der Waals surface area contributed by atoms with Gasteiger partial charge in [-0.15, -0.1) is 5.10 Å². The molecule has 0 radical (unpaired) electrons. The van der Waals surface area contributed by atoms with E-state index in [1.807, 2.05) is 11.4 Å². The Morgan fingerprint density at radius 2 is 2.44 bits per heavy atom. The zero-order chi connectivity index (χ0) is 12.5. The number of hydrogen-bond donors (Lipinski definition) is 2. The van der Waals surface area contributed by atoms with Crippen LogP contribution in [0.2, 0.25) is 0 Å². The molecule has 0 spiro atoms. The van der Waals surface area contributed by atoms with E-state index in [-0.39, 0.29) is 6.04 Å². The highest BCUT2D eigenvalue weighted by Gasteiger charge is 2.25. The van der Waals surface area contributed by atoms with Crippen LogP contribution in [0.1, 0.15) is 13.3 Å². The number of thiophene rings is 1. The van der Waals surface area contributed by atoms with E-state index in [0.29, 0.717) is 5.92 Å². The lowest BCUT2D eigenvalue weighted by atomic mass is 9.95. The van der Waals surface area contributed by atoms with E-state index in [9.17, 15) is 0 Å². The molecule has 2 unspecified atom stereocenters. The minimum absolute atomic E-state index is 0.210. The summed E-state index contributed by atoms with van der Waals surface area (Å²) in [7, 11) is 0. The molecule has 1 aliphatic heterocycles. The molecule has 1 fully saturated rings. The van der Waals surface area contributed by atoms with Crippen molar-refractivity contribution in [1.82, 2.24) is 15.2 Å². The quantitative estimate of drug-likeness (QED) is 0.865. The average Bonchev–Trinajstić information content (AvgIpc) is 3.01. The van der Waals surface area contributed by atoms with E-state index in [4.69, 9.17) is 5.73 Å². The standard InChI is InChI=1S/C12H17N5S/c1-8-2-4-17(6-10(8)13)12-14-11(15-16-12)9-3-5-18-7-9/h3,5,7-8,10H,2,4,6,13H2,1H3,(H,14,15,16). The van der Waals surface area contributed by atoms with E-state index < -0.39 is 0 Å². The zero-order valence-electron chi connectivity index (χ0n) is 10.3. The van der Waals surface area contributed by atoms with Crippen molar-refractivity contribution in [3.63, 3.8) is 0 Å². The molecule has 0 bridgehead atoms. The molecule has 0 amide bonds. The van der Waals surface area contributed by atoms with Crippen molar-refractivity contribution in [2.75, 3.05) is 18.0 Å². The summed E-state index contributed by atoms with van der Waals surface area (Å²) in [5.74, 6) is 2.17. The number of aromatic nitrogens is 3. The molecule has 1 saturated heterocycles. The Morgan fingerprint density at radius 3 is 3.17 bits per heavy atom. The minimum atomic E-state index is 0.210. The highest BCUT2D eigenvalue weighted by Crippen LogP contribution is 2.23. The Kier molecular flexibility index (Phi) is 3.05. The second kappa shape index (κ2) is 4.70. The van der Waals surface area contributed by atoms with Gasteiger partial charge in [0.15, 0.2) is 5.82 Å². The maximum absolute atomic E-state index is 6.10. The first-order valence-electron chi connectivity index (χ1n) is 6.19. The van der Waals surface area contributed by atoms with Gasteiger partial charge in [0.1, 0.15) is 0 Å². The molecule has 5 nitrogen and oxygen atoms in total. The zero-order valence-corrected chi connectivity index (χ0v) is 11.2. The molecule has 2 aromatic heterocycles. The third kappa shape index (κ3) is 2.13. The van der Waals surface area contributed by atoms with E-state index in [2.05, 4.69) is 32.4 Å². The SMILES string of the molecule is CC1CCN(c2n[nH]c(-c3ccsc3)n2)CC1N. The fourth-order valence-electron chi connectivity index (χ4n) is 2.20. The van der Waals surface area contributed by atoms with Crippen molar-refractivity contribution in [2.24, 2.45) is 11.7 Å². The number of hydrogen-bond acceptors (Lipinski definition) is 5. The Hall–Kier alpha value is -1.40. The molecular formula is C12H17N5S. The van der Waals surface area contributed by atoms with Gasteiger partial charge in [0.2, 0.25) is 5.95 Å². The van der Waals surface area contributed by atoms with Gasteiger partial charge in [-0.25, -0.2) is 0 Å². The number of rotatable bonds is 2. The van der Waals surface area contributed by atoms with Crippen molar-refractivity contribution in [2.45, 2.75) is 19.4 Å². The van der Waals surface area contributed by atoms with Crippen LogP contribution < -0.4 is 10.6 Å². The lowest BCUT2D eigenvalue weighted by molar-refractivity contribution is 0.376. The lowest BCUT2D eigenvalue weighted by Crippen LogP contribution is -2.48. The van der Waals surface area contributed by atoms with Crippen LogP contribution in [0.4, 0.5) is 5.95 Å². The highest BCUT2D eigenvalue weighted by atomic mass is 32.1. The Balaban J connectivity index is 1.77. The second-order valence-electron chi connectivity index (χ2n) is 4.87. The van der Waals surface area contributed by atoms with Crippen LogP contribution >= 0.6 is 11.3 Å². The predicted octanol–water partition coefficient (Wildman–Crippen LogP) is 1.71. The van der Waals surface area contributed by atoms with E-state index in [0.717, 1.165) is 36.8 Å². The molecule has 6 heteroatoms. The minimum Gasteiger partial charge on any atom is -0.338 e. The highest BCUT2D eigenvalue weighted by molar-refractivity contribution is 7.08. The Bertz CT molecular complexity index is 506. The van der Waals surface area contributed by atoms with Gasteiger partial charge in [0.25, 0.3) is 0 Å². The fraction of sp³-hybridized carbons (Fsp3) is 0.500. The van der Waals surface area contributed by atoms with Crippen LogP contribution in [0.25, 0.3) is 11.4 Å². The third-order valence-electron chi connectivity index (χ3n) is 3.57. The van der Waals surface area contributed by atoms with Crippen molar-refractivity contribution >= 4 is 17.3 Å². The first kappa shape index (κ1) is 11.7. The molecule has 0 aliphatic carbocycles. The molecule has 0 aromatic carbocycles. The van der Waals surface area contributed by atoms with Crippen LogP contribution in [0, 0.1) is 5.92 Å². The van der Waals surface area contributed by atoms with Crippen molar-refractivity contribution in [3.05, 3.63) is 16.8 Å². The molecule has 18 heavy (non-hydrogen) atoms. The molecular weight excluding hydrogens is 246 g/mol. The second-order valence-corrected chi connectivity index (χ2v) is 5.65. The third-order valence-corrected chi connectivity index (χ3v) is 4.25. The molecule has 3 rings (SSSR count). The predicted molar refractivity (Wildman–Crippen MR) is 73.7 cm³/mol. The van der Waals surface area contributed by atoms with Crippen LogP contribution in [0.15, 0.2) is 16.8 Å². The van der Waals surface area contributed by atoms with Gasteiger partial charge in [-0.2, -0.15) is 16.3 Å². The first-order chi connectivity index (χ1) is 8.74. The Labute approximate surface area is 110 Å². The molecule has 1 aliphatic rings. The average molecular weight is 263 g/mol. The lowest BCUT2D eigenvalue weighted by Gasteiger charge is -2.34. The maximum atomic E-state index is 6.10. The van der Waals surface area contributed by atoms with Crippen LogP contribution in [-0.2, 0) is 0 Å². The van der Waals surface area contributed by atoms with Crippen molar-refractivity contribution in [3.8, 4) is 11.4 Å². The number of nitrogens with one attached hydrogen (secondary N) is 1. The molecule has 0 saturated carbocycles. The molecule has 2 atom stereocenters. The number of anilines is 1. The van der Waals surface area contributed by atoms with Crippen LogP contribution in [-0.4, -0.2) is 34.3 Å². The van der Waals surface area contributed by atoms with Gasteiger partial charge < -0.3 is 10.6 Å². The summed E-state index contributed by atoms with van der Waals surface area (Å²) in [5, 5.41) is 11.4. The summed E-state index contributed by atoms with van der Waals surface area (Å²) in [6.45, 7) is 4.02. The van der Waals surface area contributed by atoms with E-state index >= 15 is 0 Å². The fourth-order valence-corrected chi connectivity index (χ4v) is 2.84. The van der Waals surface area contributed by atoms with E-state index in [1.54, 1.807) is 11.3 Å². The summed E-state index contributed by atoms with van der Waals surface area (Å²) in [5.41, 5.74) is 7.19. The van der Waals surface area contributed by atoms with Crippen LogP contribution in [0.5, 0.6) is 0 Å². The largest absolute Gasteiger partial charge is 0.338 e. The van der Waals surface area contributed by atoms with Crippen molar-refractivity contribution in [1.29, 1.82) is 0 Å². The summed E-state index contributed by atoms with van der Waals surface area (Å²) in [4.78, 5) is 6.71. The number of nitrogens with two attached hydrogens (primary N) is 1. The monoisotopic (exact) mass is 263 g/mol. The van der Waals surface area contributed by atoms with Gasteiger partial charge in [-0.05, 0) is 23.8 Å². The number of nitrogens with zero attached hydrogens (tertiary/aromatic N) is 3. The molecule has 2 aromatic rings. The number of piperidine rings is 1. The van der Waals surface area contributed by atoms with Gasteiger partial charge in [0, 0.05) is 30.1 Å². The summed E-state index contributed by atoms with van der Waals surface area (Å²) in [6.07, 6.45) is 1.10. The number of aromatic amines is 1. The van der Waals surface area contributed by atoms with Gasteiger partial charge >= 0.3 is 0 Å². The Morgan fingerprint density at radius 1 is 1.56 bits per heavy atom. The molecule has 3 heterocycles. The van der Waals surface area contributed by atoms with Gasteiger partial charge in [0.05, 0.1) is 0 Å². The number of H-pyrrole nitrogens is 1. The van der Waals surface area contributed by atoms with E-state index in [1.165, 1.54) is 0 Å².